The summed E-state index contributed by atoms with van der Waals surface area (Å²) < 4.78 is 25.8. The molecule has 1 saturated carbocycles. The quantitative estimate of drug-likeness (QED) is 0.632. The van der Waals surface area contributed by atoms with Crippen molar-refractivity contribution in [3.05, 3.63) is 59.7 Å². The summed E-state index contributed by atoms with van der Waals surface area (Å²) in [6, 6.07) is 14.0. The van der Waals surface area contributed by atoms with Gasteiger partial charge in [0.15, 0.2) is 0 Å². The summed E-state index contributed by atoms with van der Waals surface area (Å²) in [6.45, 7) is 1.63. The number of sulfonamides is 1. The number of benzene rings is 2. The molecule has 0 heterocycles. The van der Waals surface area contributed by atoms with Crippen molar-refractivity contribution in [2.45, 2.75) is 51.5 Å². The molecular formula is C24H31N3O4S. The molecule has 1 aliphatic carbocycles. The van der Waals surface area contributed by atoms with Gasteiger partial charge in [0.1, 0.15) is 6.54 Å². The Morgan fingerprint density at radius 3 is 2.28 bits per heavy atom. The molecular weight excluding hydrogens is 426 g/mol. The van der Waals surface area contributed by atoms with Crippen molar-refractivity contribution in [2.24, 2.45) is 0 Å². The van der Waals surface area contributed by atoms with Crippen LogP contribution in [-0.4, -0.2) is 39.1 Å². The van der Waals surface area contributed by atoms with E-state index in [1.165, 1.54) is 6.42 Å². The number of nitrogens with zero attached hydrogens (tertiary/aromatic N) is 1. The molecule has 7 nitrogen and oxygen atoms in total. The molecule has 172 valence electrons. The van der Waals surface area contributed by atoms with E-state index in [-0.39, 0.29) is 18.5 Å². The lowest BCUT2D eigenvalue weighted by Crippen LogP contribution is -2.38. The van der Waals surface area contributed by atoms with E-state index in [2.05, 4.69) is 10.6 Å². The van der Waals surface area contributed by atoms with E-state index in [1.54, 1.807) is 36.4 Å². The van der Waals surface area contributed by atoms with Gasteiger partial charge in [-0.15, -0.1) is 0 Å². The van der Waals surface area contributed by atoms with Crippen LogP contribution >= 0.6 is 0 Å². The first-order chi connectivity index (χ1) is 15.3. The molecule has 1 aliphatic rings. The van der Waals surface area contributed by atoms with Crippen molar-refractivity contribution in [1.82, 2.24) is 5.32 Å². The van der Waals surface area contributed by atoms with Crippen molar-refractivity contribution >= 4 is 33.2 Å². The monoisotopic (exact) mass is 457 g/mol. The van der Waals surface area contributed by atoms with Gasteiger partial charge in [0, 0.05) is 6.04 Å². The Morgan fingerprint density at radius 1 is 1.00 bits per heavy atom. The van der Waals surface area contributed by atoms with E-state index in [0.29, 0.717) is 16.9 Å². The van der Waals surface area contributed by atoms with Gasteiger partial charge in [0.2, 0.25) is 15.9 Å². The first-order valence-electron chi connectivity index (χ1n) is 11.0. The highest BCUT2D eigenvalue weighted by atomic mass is 32.2. The van der Waals surface area contributed by atoms with Crippen LogP contribution in [0.3, 0.4) is 0 Å². The van der Waals surface area contributed by atoms with Crippen LogP contribution in [0.5, 0.6) is 0 Å². The maximum Gasteiger partial charge on any atom is 0.253 e. The second kappa shape index (κ2) is 10.6. The third kappa shape index (κ3) is 6.32. The minimum atomic E-state index is -3.68. The predicted molar refractivity (Wildman–Crippen MR) is 127 cm³/mol. The molecule has 8 heteroatoms. The van der Waals surface area contributed by atoms with Gasteiger partial charge in [0.25, 0.3) is 5.91 Å². The average molecular weight is 458 g/mol. The molecule has 2 aromatic rings. The van der Waals surface area contributed by atoms with E-state index in [1.807, 2.05) is 19.1 Å². The lowest BCUT2D eigenvalue weighted by Gasteiger charge is -2.24. The standard InChI is InChI=1S/C24H31N3O4S/c1-3-18-13-15-20(16-14-18)27(32(2,30)31)17-23(28)26-22-12-8-7-11-21(22)24(29)25-19-9-5-4-6-10-19/h7-8,11-16,19H,3-6,9-10,17H2,1-2H3,(H,25,29)(H,26,28). The number of hydrogen-bond donors (Lipinski definition) is 2. The molecule has 0 spiro atoms. The van der Waals surface area contributed by atoms with Crippen molar-refractivity contribution in [2.75, 3.05) is 22.4 Å². The van der Waals surface area contributed by atoms with Crippen molar-refractivity contribution in [3.8, 4) is 0 Å². The third-order valence-corrected chi connectivity index (χ3v) is 6.85. The zero-order valence-corrected chi connectivity index (χ0v) is 19.5. The molecule has 2 amide bonds. The number of hydrogen-bond acceptors (Lipinski definition) is 4. The van der Waals surface area contributed by atoms with Gasteiger partial charge in [0.05, 0.1) is 23.2 Å². The zero-order chi connectivity index (χ0) is 23.1. The number of carbonyl (C=O) groups excluding carboxylic acids is 2. The fourth-order valence-electron chi connectivity index (χ4n) is 3.92. The van der Waals surface area contributed by atoms with Gasteiger partial charge in [-0.3, -0.25) is 13.9 Å². The Labute approximate surface area is 190 Å². The summed E-state index contributed by atoms with van der Waals surface area (Å²) in [6.07, 6.45) is 7.21. The van der Waals surface area contributed by atoms with Crippen LogP contribution in [0, 0.1) is 0 Å². The molecule has 0 aliphatic heterocycles. The first kappa shape index (κ1) is 23.8. The SMILES string of the molecule is CCc1ccc(N(CC(=O)Nc2ccccc2C(=O)NC2CCCCC2)S(C)(=O)=O)cc1. The number of anilines is 2. The van der Waals surface area contributed by atoms with Gasteiger partial charge >= 0.3 is 0 Å². The Morgan fingerprint density at radius 2 is 1.66 bits per heavy atom. The maximum atomic E-state index is 12.8. The van der Waals surface area contributed by atoms with Gasteiger partial charge in [-0.05, 0) is 49.1 Å². The van der Waals surface area contributed by atoms with Crippen LogP contribution in [0.4, 0.5) is 11.4 Å². The summed E-state index contributed by atoms with van der Waals surface area (Å²) in [5.41, 5.74) is 2.22. The van der Waals surface area contributed by atoms with Crippen LogP contribution in [0.25, 0.3) is 0 Å². The topological polar surface area (TPSA) is 95.6 Å². The summed E-state index contributed by atoms with van der Waals surface area (Å²) in [4.78, 5) is 25.6. The van der Waals surface area contributed by atoms with Gasteiger partial charge in [-0.2, -0.15) is 0 Å². The molecule has 0 radical (unpaired) electrons. The number of rotatable bonds is 8. The molecule has 1 fully saturated rings. The van der Waals surface area contributed by atoms with E-state index in [4.69, 9.17) is 0 Å². The molecule has 0 unspecified atom stereocenters. The minimum absolute atomic E-state index is 0.145. The van der Waals surface area contributed by atoms with E-state index in [0.717, 1.165) is 48.2 Å². The Kier molecular flexibility index (Phi) is 7.90. The van der Waals surface area contributed by atoms with Crippen LogP contribution in [-0.2, 0) is 21.2 Å². The van der Waals surface area contributed by atoms with Gasteiger partial charge in [-0.1, -0.05) is 50.5 Å². The maximum absolute atomic E-state index is 12.8. The van der Waals surface area contributed by atoms with Crippen molar-refractivity contribution in [1.29, 1.82) is 0 Å². The highest BCUT2D eigenvalue weighted by Gasteiger charge is 2.23. The summed E-state index contributed by atoms with van der Waals surface area (Å²) in [7, 11) is -3.68. The predicted octanol–water partition coefficient (Wildman–Crippen LogP) is 3.72. The molecule has 2 N–H and O–H groups in total. The normalized spacial score (nSPS) is 14.6. The lowest BCUT2D eigenvalue weighted by atomic mass is 9.95. The molecule has 0 bridgehead atoms. The van der Waals surface area contributed by atoms with Gasteiger partial charge < -0.3 is 10.6 Å². The van der Waals surface area contributed by atoms with Crippen LogP contribution in [0.2, 0.25) is 0 Å². The van der Waals surface area contributed by atoms with E-state index < -0.39 is 15.9 Å². The molecule has 3 rings (SSSR count). The Bertz CT molecular complexity index is 1050. The van der Waals surface area contributed by atoms with Crippen LogP contribution in [0.15, 0.2) is 48.5 Å². The minimum Gasteiger partial charge on any atom is -0.349 e. The summed E-state index contributed by atoms with van der Waals surface area (Å²) >= 11 is 0. The molecule has 0 aromatic heterocycles. The largest absolute Gasteiger partial charge is 0.349 e. The Hall–Kier alpha value is -2.87. The van der Waals surface area contributed by atoms with Crippen LogP contribution < -0.4 is 14.9 Å². The van der Waals surface area contributed by atoms with Crippen molar-refractivity contribution in [3.63, 3.8) is 0 Å². The first-order valence-corrected chi connectivity index (χ1v) is 12.9. The van der Waals surface area contributed by atoms with E-state index >= 15 is 0 Å². The lowest BCUT2D eigenvalue weighted by molar-refractivity contribution is -0.114. The number of para-hydroxylation sites is 1. The average Bonchev–Trinajstić information content (AvgIpc) is 2.78. The highest BCUT2D eigenvalue weighted by Crippen LogP contribution is 2.21. The van der Waals surface area contributed by atoms with Gasteiger partial charge in [-0.25, -0.2) is 8.42 Å². The fraction of sp³-hybridized carbons (Fsp3) is 0.417. The second-order valence-electron chi connectivity index (χ2n) is 8.19. The van der Waals surface area contributed by atoms with Crippen LogP contribution in [0.1, 0.15) is 54.9 Å². The summed E-state index contributed by atoms with van der Waals surface area (Å²) in [5.74, 6) is -0.754. The Balaban J connectivity index is 1.73. The second-order valence-corrected chi connectivity index (χ2v) is 10.1. The molecule has 0 saturated heterocycles. The zero-order valence-electron chi connectivity index (χ0n) is 18.6. The number of aryl methyl sites for hydroxylation is 1. The fourth-order valence-corrected chi connectivity index (χ4v) is 4.77. The van der Waals surface area contributed by atoms with Crippen molar-refractivity contribution < 1.29 is 18.0 Å². The molecule has 2 aromatic carbocycles. The number of amides is 2. The number of nitrogens with one attached hydrogen (secondary N) is 2. The summed E-state index contributed by atoms with van der Waals surface area (Å²) in [5, 5.41) is 5.77. The molecule has 32 heavy (non-hydrogen) atoms. The third-order valence-electron chi connectivity index (χ3n) is 5.71. The number of carbonyl (C=O) groups is 2. The molecule has 0 atom stereocenters. The highest BCUT2D eigenvalue weighted by molar-refractivity contribution is 7.92. The van der Waals surface area contributed by atoms with E-state index in [9.17, 15) is 18.0 Å². The smallest absolute Gasteiger partial charge is 0.253 e.